The van der Waals surface area contributed by atoms with E-state index in [0.717, 1.165) is 11.1 Å². The molecule has 3 aromatic rings. The zero-order valence-corrected chi connectivity index (χ0v) is 11.8. The largest absolute Gasteiger partial charge is 0.478 e. The number of pyridine rings is 1. The SMILES string of the molecule is Cc1ccc(-c2nc3c(C(=O)O)cccn3c2N)cc1C. The van der Waals surface area contributed by atoms with E-state index in [1.807, 2.05) is 32.0 Å². The Labute approximate surface area is 121 Å². The highest BCUT2D eigenvalue weighted by molar-refractivity contribution is 5.95. The molecule has 2 heterocycles. The molecule has 0 aliphatic carbocycles. The number of fused-ring (bicyclic) bond motifs is 1. The molecule has 2 aromatic heterocycles. The van der Waals surface area contributed by atoms with Crippen molar-refractivity contribution in [2.75, 3.05) is 5.73 Å². The maximum Gasteiger partial charge on any atom is 0.339 e. The standard InChI is InChI=1S/C16H15N3O2/c1-9-5-6-11(8-10(9)2)13-14(17)19-7-3-4-12(16(20)21)15(19)18-13/h3-8H,17H2,1-2H3,(H,20,21). The molecule has 0 bridgehead atoms. The van der Waals surface area contributed by atoms with Gasteiger partial charge in [0.05, 0.1) is 0 Å². The van der Waals surface area contributed by atoms with E-state index < -0.39 is 5.97 Å². The lowest BCUT2D eigenvalue weighted by atomic mass is 10.0. The zero-order valence-electron chi connectivity index (χ0n) is 11.8. The summed E-state index contributed by atoms with van der Waals surface area (Å²) in [5.74, 6) is -0.575. The Hall–Kier alpha value is -2.82. The molecule has 3 rings (SSSR count). The molecule has 5 heteroatoms. The first-order valence-electron chi connectivity index (χ1n) is 6.56. The second-order valence-corrected chi connectivity index (χ2v) is 5.07. The molecular formula is C16H15N3O2. The summed E-state index contributed by atoms with van der Waals surface area (Å²) < 4.78 is 1.61. The third-order valence-electron chi connectivity index (χ3n) is 3.70. The first-order valence-corrected chi connectivity index (χ1v) is 6.56. The van der Waals surface area contributed by atoms with Gasteiger partial charge in [-0.15, -0.1) is 0 Å². The number of aromatic carboxylic acids is 1. The van der Waals surface area contributed by atoms with Crippen LogP contribution in [0, 0.1) is 13.8 Å². The molecule has 0 radical (unpaired) electrons. The van der Waals surface area contributed by atoms with Crippen molar-refractivity contribution in [2.45, 2.75) is 13.8 Å². The third-order valence-corrected chi connectivity index (χ3v) is 3.70. The lowest BCUT2D eigenvalue weighted by molar-refractivity contribution is 0.0698. The van der Waals surface area contributed by atoms with E-state index in [1.165, 1.54) is 11.6 Å². The van der Waals surface area contributed by atoms with Gasteiger partial charge >= 0.3 is 5.97 Å². The highest BCUT2D eigenvalue weighted by Gasteiger charge is 2.17. The number of nitrogens with two attached hydrogens (primary N) is 1. The van der Waals surface area contributed by atoms with Crippen LogP contribution in [0.15, 0.2) is 36.5 Å². The normalized spacial score (nSPS) is 11.0. The number of rotatable bonds is 2. The number of hydrogen-bond donors (Lipinski definition) is 2. The van der Waals surface area contributed by atoms with Gasteiger partial charge < -0.3 is 10.8 Å². The van der Waals surface area contributed by atoms with Crippen molar-refractivity contribution >= 4 is 17.4 Å². The van der Waals surface area contributed by atoms with Crippen LogP contribution in [0.5, 0.6) is 0 Å². The summed E-state index contributed by atoms with van der Waals surface area (Å²) >= 11 is 0. The number of aryl methyl sites for hydroxylation is 2. The Morgan fingerprint density at radius 3 is 2.67 bits per heavy atom. The molecule has 0 amide bonds. The smallest absolute Gasteiger partial charge is 0.339 e. The number of aromatic nitrogens is 2. The van der Waals surface area contributed by atoms with Crippen molar-refractivity contribution < 1.29 is 9.90 Å². The summed E-state index contributed by atoms with van der Waals surface area (Å²) in [7, 11) is 0. The van der Waals surface area contributed by atoms with Gasteiger partial charge in [0, 0.05) is 11.8 Å². The highest BCUT2D eigenvalue weighted by Crippen LogP contribution is 2.29. The van der Waals surface area contributed by atoms with Crippen LogP contribution < -0.4 is 5.73 Å². The van der Waals surface area contributed by atoms with Gasteiger partial charge in [-0.2, -0.15) is 0 Å². The minimum Gasteiger partial charge on any atom is -0.478 e. The Balaban J connectivity index is 2.29. The van der Waals surface area contributed by atoms with Crippen LogP contribution in [0.3, 0.4) is 0 Å². The Bertz CT molecular complexity index is 865. The number of carbonyl (C=O) groups is 1. The number of benzene rings is 1. The summed E-state index contributed by atoms with van der Waals surface area (Å²) in [6.45, 7) is 4.06. The minimum atomic E-state index is -1.02. The molecule has 106 valence electrons. The second-order valence-electron chi connectivity index (χ2n) is 5.07. The number of nitrogen functional groups attached to an aromatic ring is 1. The second kappa shape index (κ2) is 4.63. The number of imidazole rings is 1. The maximum atomic E-state index is 11.3. The van der Waals surface area contributed by atoms with Gasteiger partial charge in [-0.25, -0.2) is 9.78 Å². The molecule has 3 N–H and O–H groups in total. The van der Waals surface area contributed by atoms with Gasteiger partial charge in [-0.3, -0.25) is 4.40 Å². The molecule has 1 aromatic carbocycles. The van der Waals surface area contributed by atoms with Gasteiger partial charge in [0.2, 0.25) is 0 Å². The van der Waals surface area contributed by atoms with Crippen molar-refractivity contribution in [1.29, 1.82) is 0 Å². The van der Waals surface area contributed by atoms with Gasteiger partial charge in [0.25, 0.3) is 0 Å². The highest BCUT2D eigenvalue weighted by atomic mass is 16.4. The Morgan fingerprint density at radius 1 is 1.24 bits per heavy atom. The maximum absolute atomic E-state index is 11.3. The molecule has 5 nitrogen and oxygen atoms in total. The van der Waals surface area contributed by atoms with Gasteiger partial charge in [0.15, 0.2) is 5.65 Å². The molecule has 21 heavy (non-hydrogen) atoms. The molecule has 0 fully saturated rings. The lowest BCUT2D eigenvalue weighted by Crippen LogP contribution is -2.01. The van der Waals surface area contributed by atoms with E-state index in [4.69, 9.17) is 5.73 Å². The molecule has 0 saturated heterocycles. The van der Waals surface area contributed by atoms with E-state index >= 15 is 0 Å². The predicted molar refractivity (Wildman–Crippen MR) is 81.5 cm³/mol. The van der Waals surface area contributed by atoms with E-state index in [-0.39, 0.29) is 5.56 Å². The molecule has 0 saturated carbocycles. The number of carboxylic acids is 1. The summed E-state index contributed by atoms with van der Waals surface area (Å²) in [4.78, 5) is 15.7. The molecule has 0 aliphatic heterocycles. The molecule has 0 aliphatic rings. The van der Waals surface area contributed by atoms with Crippen LogP contribution in [0.1, 0.15) is 21.5 Å². The van der Waals surface area contributed by atoms with Crippen molar-refractivity contribution in [2.24, 2.45) is 0 Å². The van der Waals surface area contributed by atoms with Gasteiger partial charge in [0.1, 0.15) is 17.1 Å². The Morgan fingerprint density at radius 2 is 2.00 bits per heavy atom. The quantitative estimate of drug-likeness (QED) is 0.756. The van der Waals surface area contributed by atoms with Crippen molar-refractivity contribution in [3.63, 3.8) is 0 Å². The third kappa shape index (κ3) is 2.03. The van der Waals surface area contributed by atoms with Crippen LogP contribution >= 0.6 is 0 Å². The fourth-order valence-corrected chi connectivity index (χ4v) is 2.35. The van der Waals surface area contributed by atoms with E-state index in [9.17, 15) is 9.90 Å². The predicted octanol–water partition coefficient (Wildman–Crippen LogP) is 2.90. The van der Waals surface area contributed by atoms with Crippen LogP contribution in [-0.2, 0) is 0 Å². The fraction of sp³-hybridized carbons (Fsp3) is 0.125. The number of carboxylic acid groups (broad SMARTS) is 1. The van der Waals surface area contributed by atoms with Crippen molar-refractivity contribution in [1.82, 2.24) is 9.38 Å². The fourth-order valence-electron chi connectivity index (χ4n) is 2.35. The summed E-state index contributed by atoms with van der Waals surface area (Å²) in [5, 5.41) is 9.24. The van der Waals surface area contributed by atoms with Crippen LogP contribution in [0.2, 0.25) is 0 Å². The molecular weight excluding hydrogens is 266 g/mol. The topological polar surface area (TPSA) is 80.6 Å². The van der Waals surface area contributed by atoms with Crippen molar-refractivity contribution in [3.8, 4) is 11.3 Å². The lowest BCUT2D eigenvalue weighted by Gasteiger charge is -2.03. The summed E-state index contributed by atoms with van der Waals surface area (Å²) in [6.07, 6.45) is 1.72. The Kier molecular flexibility index (Phi) is 2.90. The number of anilines is 1. The first-order chi connectivity index (χ1) is 9.99. The monoisotopic (exact) mass is 281 g/mol. The van der Waals surface area contributed by atoms with Gasteiger partial charge in [-0.05, 0) is 43.2 Å². The minimum absolute atomic E-state index is 0.138. The van der Waals surface area contributed by atoms with E-state index in [0.29, 0.717) is 17.2 Å². The molecule has 0 unspecified atom stereocenters. The van der Waals surface area contributed by atoms with Crippen LogP contribution in [-0.4, -0.2) is 20.5 Å². The summed E-state index contributed by atoms with van der Waals surface area (Å²) in [5.41, 5.74) is 10.4. The van der Waals surface area contributed by atoms with E-state index in [1.54, 1.807) is 16.7 Å². The number of hydrogen-bond acceptors (Lipinski definition) is 3. The zero-order chi connectivity index (χ0) is 15.1. The van der Waals surface area contributed by atoms with Crippen molar-refractivity contribution in [3.05, 3.63) is 53.2 Å². The first kappa shape index (κ1) is 13.2. The molecule has 0 atom stereocenters. The summed E-state index contributed by atoms with van der Waals surface area (Å²) in [6, 6.07) is 9.13. The van der Waals surface area contributed by atoms with Crippen LogP contribution in [0.4, 0.5) is 5.82 Å². The average Bonchev–Trinajstić information content (AvgIpc) is 2.79. The van der Waals surface area contributed by atoms with Crippen LogP contribution in [0.25, 0.3) is 16.9 Å². The number of nitrogens with zero attached hydrogens (tertiary/aromatic N) is 2. The molecule has 0 spiro atoms. The average molecular weight is 281 g/mol. The van der Waals surface area contributed by atoms with Gasteiger partial charge in [-0.1, -0.05) is 12.1 Å². The van der Waals surface area contributed by atoms with E-state index in [2.05, 4.69) is 4.98 Å².